The van der Waals surface area contributed by atoms with Gasteiger partial charge in [-0.15, -0.1) is 0 Å². The third-order valence-corrected chi connectivity index (χ3v) is 9.13. The fraction of sp³-hybridized carbons (Fsp3) is 0.231. The fourth-order valence-electron chi connectivity index (χ4n) is 5.84. The molecular weight excluding hydrogens is 628 g/mol. The summed E-state index contributed by atoms with van der Waals surface area (Å²) in [5.74, 6) is 0. The van der Waals surface area contributed by atoms with Gasteiger partial charge in [-0.3, -0.25) is 0 Å². The van der Waals surface area contributed by atoms with Crippen molar-refractivity contribution in [3.8, 4) is 44.5 Å². The highest BCUT2D eigenvalue weighted by molar-refractivity contribution is 9.10. The highest BCUT2D eigenvalue weighted by Crippen LogP contribution is 2.36. The normalized spacial score (nSPS) is 11.2. The minimum atomic E-state index is 1.10. The molecule has 0 fully saturated rings. The van der Waals surface area contributed by atoms with E-state index in [0.29, 0.717) is 0 Å². The maximum Gasteiger partial charge on any atom is 0.0178 e. The molecule has 0 spiro atoms. The molecule has 0 atom stereocenters. The van der Waals surface area contributed by atoms with Crippen LogP contribution in [-0.4, -0.2) is 0 Å². The second-order valence-electron chi connectivity index (χ2n) is 11.2. The van der Waals surface area contributed by atoms with Crippen LogP contribution in [-0.2, 0) is 6.42 Å². The van der Waals surface area contributed by atoms with Gasteiger partial charge < -0.3 is 0 Å². The molecule has 5 aromatic carbocycles. The van der Waals surface area contributed by atoms with Crippen LogP contribution in [0.3, 0.4) is 0 Å². The van der Waals surface area contributed by atoms with Crippen molar-refractivity contribution in [1.29, 1.82) is 0 Å². The van der Waals surface area contributed by atoms with E-state index in [1.165, 1.54) is 92.4 Å². The summed E-state index contributed by atoms with van der Waals surface area (Å²) in [5, 5.41) is 0. The Kier molecular flexibility index (Phi) is 9.63. The summed E-state index contributed by atoms with van der Waals surface area (Å²) in [4.78, 5) is 0. The summed E-state index contributed by atoms with van der Waals surface area (Å²) in [6, 6.07) is 36.2. The topological polar surface area (TPSA) is 0 Å². The van der Waals surface area contributed by atoms with E-state index in [0.717, 1.165) is 15.4 Å². The Balaban J connectivity index is 1.49. The summed E-state index contributed by atoms with van der Waals surface area (Å²) >= 11 is 7.19. The van der Waals surface area contributed by atoms with Gasteiger partial charge in [0.1, 0.15) is 0 Å². The molecule has 0 aliphatic carbocycles. The lowest BCUT2D eigenvalue weighted by Gasteiger charge is -2.17. The van der Waals surface area contributed by atoms with Crippen molar-refractivity contribution in [2.75, 3.05) is 0 Å². The lowest BCUT2D eigenvalue weighted by atomic mass is 9.88. The molecule has 41 heavy (non-hydrogen) atoms. The average Bonchev–Trinajstić information content (AvgIpc) is 2.96. The number of hydrogen-bond acceptors (Lipinski definition) is 0. The monoisotopic (exact) mass is 664 g/mol. The smallest absolute Gasteiger partial charge is 0.0178 e. The molecule has 0 bridgehead atoms. The first-order valence-electron chi connectivity index (χ1n) is 14.7. The molecule has 2 heteroatoms. The van der Waals surface area contributed by atoms with E-state index >= 15 is 0 Å². The predicted octanol–water partition coefficient (Wildman–Crippen LogP) is 12.9. The standard InChI is InChI=1S/C39H38Br2/c1-5-6-7-8-9-33-25-38(31-14-10-29(11-15-31)36-20-18-34(40)22-26(36)2)28(4)24-39(33)32-16-12-30(13-17-32)37-21-19-35(41)23-27(37)3/h10-25H,5-9H2,1-4H3. The van der Waals surface area contributed by atoms with Gasteiger partial charge in [0.25, 0.3) is 0 Å². The quantitative estimate of drug-likeness (QED) is 0.137. The number of unbranched alkanes of at least 4 members (excludes halogenated alkanes) is 3. The second-order valence-corrected chi connectivity index (χ2v) is 13.0. The van der Waals surface area contributed by atoms with Crippen molar-refractivity contribution in [3.05, 3.63) is 128 Å². The zero-order valence-electron chi connectivity index (χ0n) is 24.5. The SMILES string of the molecule is CCCCCCc1cc(-c2ccc(-c3ccc(Br)cc3C)cc2)c(C)cc1-c1ccc(-c2ccc(Br)cc2C)cc1. The molecule has 0 aliphatic heterocycles. The molecule has 0 nitrogen and oxygen atoms in total. The van der Waals surface area contributed by atoms with Crippen LogP contribution in [0.4, 0.5) is 0 Å². The van der Waals surface area contributed by atoms with E-state index in [1.807, 2.05) is 0 Å². The molecule has 0 aliphatic rings. The third kappa shape index (κ3) is 6.93. The highest BCUT2D eigenvalue weighted by Gasteiger charge is 2.13. The van der Waals surface area contributed by atoms with E-state index < -0.39 is 0 Å². The van der Waals surface area contributed by atoms with Gasteiger partial charge in [-0.25, -0.2) is 0 Å². The largest absolute Gasteiger partial charge is 0.0654 e. The number of benzene rings is 5. The molecule has 0 saturated carbocycles. The second kappa shape index (κ2) is 13.4. The minimum Gasteiger partial charge on any atom is -0.0654 e. The van der Waals surface area contributed by atoms with E-state index in [2.05, 4.69) is 157 Å². The van der Waals surface area contributed by atoms with Gasteiger partial charge in [-0.1, -0.05) is 131 Å². The maximum absolute atomic E-state index is 3.60. The van der Waals surface area contributed by atoms with Gasteiger partial charge in [0.05, 0.1) is 0 Å². The van der Waals surface area contributed by atoms with Crippen LogP contribution >= 0.6 is 31.9 Å². The van der Waals surface area contributed by atoms with E-state index in [4.69, 9.17) is 0 Å². The Morgan fingerprint density at radius 3 is 1.34 bits per heavy atom. The first-order chi connectivity index (χ1) is 19.8. The fourth-order valence-corrected chi connectivity index (χ4v) is 6.79. The van der Waals surface area contributed by atoms with Gasteiger partial charge >= 0.3 is 0 Å². The summed E-state index contributed by atoms with van der Waals surface area (Å²) in [7, 11) is 0. The van der Waals surface area contributed by atoms with Crippen LogP contribution in [0, 0.1) is 20.8 Å². The molecule has 5 rings (SSSR count). The number of halogens is 2. The lowest BCUT2D eigenvalue weighted by molar-refractivity contribution is 0.667. The van der Waals surface area contributed by atoms with Crippen LogP contribution in [0.5, 0.6) is 0 Å². The number of rotatable bonds is 9. The van der Waals surface area contributed by atoms with Crippen LogP contribution in [0.2, 0.25) is 0 Å². The Bertz CT molecular complexity index is 1640. The Hall–Kier alpha value is -2.94. The third-order valence-electron chi connectivity index (χ3n) is 8.14. The average molecular weight is 667 g/mol. The molecule has 208 valence electrons. The van der Waals surface area contributed by atoms with Crippen LogP contribution < -0.4 is 0 Å². The highest BCUT2D eigenvalue weighted by atomic mass is 79.9. The van der Waals surface area contributed by atoms with Crippen molar-refractivity contribution in [3.63, 3.8) is 0 Å². The van der Waals surface area contributed by atoms with Gasteiger partial charge in [0.2, 0.25) is 0 Å². The van der Waals surface area contributed by atoms with Crippen molar-refractivity contribution in [1.82, 2.24) is 0 Å². The van der Waals surface area contributed by atoms with Crippen molar-refractivity contribution < 1.29 is 0 Å². The Morgan fingerprint density at radius 1 is 0.439 bits per heavy atom. The van der Waals surface area contributed by atoms with Crippen LogP contribution in [0.1, 0.15) is 54.9 Å². The summed E-state index contributed by atoms with van der Waals surface area (Å²) in [6.07, 6.45) is 6.16. The number of aryl methyl sites for hydroxylation is 4. The van der Waals surface area contributed by atoms with Crippen molar-refractivity contribution in [2.45, 2.75) is 59.8 Å². The van der Waals surface area contributed by atoms with Crippen LogP contribution in [0.15, 0.2) is 106 Å². The van der Waals surface area contributed by atoms with Crippen LogP contribution in [0.25, 0.3) is 44.5 Å². The first kappa shape index (κ1) is 29.5. The zero-order chi connectivity index (χ0) is 28.9. The molecule has 0 aromatic heterocycles. The Labute approximate surface area is 263 Å². The minimum absolute atomic E-state index is 1.10. The molecule has 0 saturated heterocycles. The first-order valence-corrected chi connectivity index (χ1v) is 16.3. The molecule has 0 radical (unpaired) electrons. The molecule has 5 aromatic rings. The maximum atomic E-state index is 3.60. The molecule has 0 unspecified atom stereocenters. The zero-order valence-corrected chi connectivity index (χ0v) is 27.7. The Morgan fingerprint density at radius 2 is 0.878 bits per heavy atom. The molecule has 0 heterocycles. The summed E-state index contributed by atoms with van der Waals surface area (Å²) < 4.78 is 2.24. The molecule has 0 amide bonds. The molecule has 0 N–H and O–H groups in total. The van der Waals surface area contributed by atoms with E-state index in [-0.39, 0.29) is 0 Å². The predicted molar refractivity (Wildman–Crippen MR) is 186 cm³/mol. The van der Waals surface area contributed by atoms with E-state index in [9.17, 15) is 0 Å². The van der Waals surface area contributed by atoms with Crippen molar-refractivity contribution >= 4 is 31.9 Å². The lowest BCUT2D eigenvalue weighted by Crippen LogP contribution is -1.96. The van der Waals surface area contributed by atoms with Gasteiger partial charge in [-0.2, -0.15) is 0 Å². The summed E-state index contributed by atoms with van der Waals surface area (Å²) in [5.41, 5.74) is 15.7. The summed E-state index contributed by atoms with van der Waals surface area (Å²) in [6.45, 7) is 8.89. The van der Waals surface area contributed by atoms with Gasteiger partial charge in [0, 0.05) is 8.95 Å². The van der Waals surface area contributed by atoms with E-state index in [1.54, 1.807) is 0 Å². The molecular formula is C39H38Br2. The van der Waals surface area contributed by atoms with Crippen molar-refractivity contribution in [2.24, 2.45) is 0 Å². The van der Waals surface area contributed by atoms with Gasteiger partial charge in [-0.05, 0) is 125 Å². The van der Waals surface area contributed by atoms with Gasteiger partial charge in [0.15, 0.2) is 0 Å². The number of hydrogen-bond donors (Lipinski definition) is 0.